The van der Waals surface area contributed by atoms with Crippen LogP contribution in [0.15, 0.2) is 28.2 Å². The smallest absolute Gasteiger partial charge is 0.263 e. The number of thiophene rings is 1. The second-order valence-corrected chi connectivity index (χ2v) is 11.0. The summed E-state index contributed by atoms with van der Waals surface area (Å²) in [4.78, 5) is 33.7. The number of carbonyl (C=O) groups excluding carboxylic acids is 1. The summed E-state index contributed by atoms with van der Waals surface area (Å²) in [6.45, 7) is 4.00. The first kappa shape index (κ1) is 21.7. The van der Waals surface area contributed by atoms with Crippen LogP contribution in [0.2, 0.25) is 0 Å². The van der Waals surface area contributed by atoms with Crippen molar-refractivity contribution >= 4 is 44.9 Å². The quantitative estimate of drug-likeness (QED) is 0.380. The SMILES string of the molecule is Cc1cccc(C)c1NC(=O)CSc1nc2sc3c(c2c(=O)n1C1CCCC1)CCCC3. The summed E-state index contributed by atoms with van der Waals surface area (Å²) >= 11 is 3.08. The number of fused-ring (bicyclic) bond motifs is 3. The number of hydrogen-bond acceptors (Lipinski definition) is 5. The molecule has 2 heterocycles. The fraction of sp³-hybridized carbons (Fsp3) is 0.480. The van der Waals surface area contributed by atoms with E-state index in [1.54, 1.807) is 11.3 Å². The average Bonchev–Trinajstić information content (AvgIpc) is 3.42. The first-order valence-electron chi connectivity index (χ1n) is 11.6. The predicted molar refractivity (Wildman–Crippen MR) is 133 cm³/mol. The highest BCUT2D eigenvalue weighted by molar-refractivity contribution is 7.99. The molecule has 0 saturated heterocycles. The highest BCUT2D eigenvalue weighted by Gasteiger charge is 2.27. The van der Waals surface area contributed by atoms with E-state index in [0.717, 1.165) is 72.0 Å². The summed E-state index contributed by atoms with van der Waals surface area (Å²) in [6, 6.07) is 6.20. The van der Waals surface area contributed by atoms with Crippen LogP contribution in [-0.2, 0) is 17.6 Å². The van der Waals surface area contributed by atoms with E-state index in [-0.39, 0.29) is 23.3 Å². The van der Waals surface area contributed by atoms with Crippen LogP contribution in [0, 0.1) is 13.8 Å². The first-order valence-corrected chi connectivity index (χ1v) is 13.4. The van der Waals surface area contributed by atoms with Gasteiger partial charge in [-0.15, -0.1) is 11.3 Å². The van der Waals surface area contributed by atoms with E-state index in [1.165, 1.54) is 28.6 Å². The minimum atomic E-state index is -0.0646. The van der Waals surface area contributed by atoms with Gasteiger partial charge in [-0.05, 0) is 69.1 Å². The molecule has 1 amide bonds. The van der Waals surface area contributed by atoms with Crippen LogP contribution in [0.3, 0.4) is 0 Å². The molecule has 2 aliphatic rings. The van der Waals surface area contributed by atoms with Gasteiger partial charge in [0, 0.05) is 16.6 Å². The maximum atomic E-state index is 13.7. The number of aryl methyl sites for hydroxylation is 4. The largest absolute Gasteiger partial charge is 0.325 e. The van der Waals surface area contributed by atoms with Crippen molar-refractivity contribution in [1.82, 2.24) is 9.55 Å². The molecular formula is C25H29N3O2S2. The van der Waals surface area contributed by atoms with Gasteiger partial charge in [0.15, 0.2) is 5.16 Å². The lowest BCUT2D eigenvalue weighted by molar-refractivity contribution is -0.113. The van der Waals surface area contributed by atoms with Crippen LogP contribution in [0.25, 0.3) is 10.2 Å². The molecule has 0 aliphatic heterocycles. The molecule has 32 heavy (non-hydrogen) atoms. The number of rotatable bonds is 5. The number of carbonyl (C=O) groups is 1. The molecule has 0 atom stereocenters. The van der Waals surface area contributed by atoms with E-state index in [4.69, 9.17) is 4.98 Å². The van der Waals surface area contributed by atoms with Gasteiger partial charge in [0.25, 0.3) is 5.56 Å². The number of hydrogen-bond donors (Lipinski definition) is 1. The number of aromatic nitrogens is 2. The second kappa shape index (κ2) is 9.02. The lowest BCUT2D eigenvalue weighted by Crippen LogP contribution is -2.27. The molecule has 1 fully saturated rings. The summed E-state index contributed by atoms with van der Waals surface area (Å²) in [6.07, 6.45) is 8.71. The number of nitrogens with one attached hydrogen (secondary N) is 1. The molecule has 2 aromatic heterocycles. The van der Waals surface area contributed by atoms with E-state index < -0.39 is 0 Å². The average molecular weight is 468 g/mol. The van der Waals surface area contributed by atoms with Crippen molar-refractivity contribution in [2.24, 2.45) is 0 Å². The van der Waals surface area contributed by atoms with E-state index in [9.17, 15) is 9.59 Å². The Morgan fingerprint density at radius 3 is 2.62 bits per heavy atom. The number of nitrogens with zero attached hydrogens (tertiary/aromatic N) is 2. The van der Waals surface area contributed by atoms with Gasteiger partial charge in [-0.2, -0.15) is 0 Å². The topological polar surface area (TPSA) is 64.0 Å². The maximum absolute atomic E-state index is 13.7. The summed E-state index contributed by atoms with van der Waals surface area (Å²) < 4.78 is 1.92. The normalized spacial score (nSPS) is 16.4. The molecular weight excluding hydrogens is 438 g/mol. The Hall–Kier alpha value is -2.12. The van der Waals surface area contributed by atoms with Crippen LogP contribution in [0.1, 0.15) is 66.1 Å². The molecule has 3 aromatic rings. The Morgan fingerprint density at radius 1 is 1.16 bits per heavy atom. The molecule has 5 rings (SSSR count). The summed E-state index contributed by atoms with van der Waals surface area (Å²) in [5, 5.41) is 4.60. The van der Waals surface area contributed by atoms with Crippen molar-refractivity contribution < 1.29 is 4.79 Å². The van der Waals surface area contributed by atoms with Crippen LogP contribution >= 0.6 is 23.1 Å². The molecule has 0 radical (unpaired) electrons. The Labute approximate surface area is 196 Å². The van der Waals surface area contributed by atoms with Crippen molar-refractivity contribution in [3.05, 3.63) is 50.1 Å². The maximum Gasteiger partial charge on any atom is 0.263 e. The molecule has 0 bridgehead atoms. The minimum Gasteiger partial charge on any atom is -0.325 e. The van der Waals surface area contributed by atoms with Crippen LogP contribution in [0.4, 0.5) is 5.69 Å². The Balaban J connectivity index is 1.46. The van der Waals surface area contributed by atoms with Crippen molar-refractivity contribution in [2.75, 3.05) is 11.1 Å². The van der Waals surface area contributed by atoms with E-state index >= 15 is 0 Å². The molecule has 1 aromatic carbocycles. The van der Waals surface area contributed by atoms with Gasteiger partial charge in [0.05, 0.1) is 11.1 Å². The van der Waals surface area contributed by atoms with Gasteiger partial charge in [-0.1, -0.05) is 42.8 Å². The van der Waals surface area contributed by atoms with Crippen LogP contribution in [-0.4, -0.2) is 21.2 Å². The second-order valence-electron chi connectivity index (χ2n) is 9.00. The molecule has 7 heteroatoms. The Bertz CT molecular complexity index is 1220. The Morgan fingerprint density at radius 2 is 1.88 bits per heavy atom. The lowest BCUT2D eigenvalue weighted by atomic mass is 9.97. The van der Waals surface area contributed by atoms with Gasteiger partial charge >= 0.3 is 0 Å². The van der Waals surface area contributed by atoms with E-state index in [0.29, 0.717) is 5.16 Å². The van der Waals surface area contributed by atoms with E-state index in [1.807, 2.05) is 36.6 Å². The lowest BCUT2D eigenvalue weighted by Gasteiger charge is -2.18. The number of amides is 1. The van der Waals surface area contributed by atoms with Gasteiger partial charge in [-0.3, -0.25) is 14.2 Å². The first-order chi connectivity index (χ1) is 15.5. The van der Waals surface area contributed by atoms with Crippen LogP contribution in [0.5, 0.6) is 0 Å². The van der Waals surface area contributed by atoms with Gasteiger partial charge in [-0.25, -0.2) is 4.98 Å². The molecule has 0 unspecified atom stereocenters. The van der Waals surface area contributed by atoms with Crippen molar-refractivity contribution in [1.29, 1.82) is 0 Å². The van der Waals surface area contributed by atoms with Gasteiger partial charge in [0.2, 0.25) is 5.91 Å². The summed E-state index contributed by atoms with van der Waals surface area (Å²) in [5.41, 5.74) is 4.33. The molecule has 2 aliphatic carbocycles. The van der Waals surface area contributed by atoms with Gasteiger partial charge < -0.3 is 5.32 Å². The number of benzene rings is 1. The minimum absolute atomic E-state index is 0.0646. The number of anilines is 1. The monoisotopic (exact) mass is 467 g/mol. The van der Waals surface area contributed by atoms with E-state index in [2.05, 4.69) is 5.32 Å². The highest BCUT2D eigenvalue weighted by atomic mass is 32.2. The van der Waals surface area contributed by atoms with Gasteiger partial charge in [0.1, 0.15) is 4.83 Å². The summed E-state index contributed by atoms with van der Waals surface area (Å²) in [7, 11) is 0. The highest BCUT2D eigenvalue weighted by Crippen LogP contribution is 2.37. The fourth-order valence-electron chi connectivity index (χ4n) is 5.10. The van der Waals surface area contributed by atoms with Crippen LogP contribution < -0.4 is 10.9 Å². The predicted octanol–water partition coefficient (Wildman–Crippen LogP) is 5.80. The number of para-hydroxylation sites is 1. The molecule has 1 saturated carbocycles. The standard InChI is InChI=1S/C25H29N3O2S2/c1-15-8-7-9-16(2)22(15)26-20(29)14-31-25-27-23-21(18-12-5-6-13-19(18)32-23)24(30)28(25)17-10-3-4-11-17/h7-9,17H,3-6,10-14H2,1-2H3,(H,26,29). The van der Waals surface area contributed by atoms with Crippen molar-refractivity contribution in [2.45, 2.75) is 76.4 Å². The zero-order valence-electron chi connectivity index (χ0n) is 18.7. The van der Waals surface area contributed by atoms with Crippen molar-refractivity contribution in [3.63, 3.8) is 0 Å². The Kier molecular flexibility index (Phi) is 6.12. The zero-order chi connectivity index (χ0) is 22.2. The molecule has 1 N–H and O–H groups in total. The molecule has 5 nitrogen and oxygen atoms in total. The zero-order valence-corrected chi connectivity index (χ0v) is 20.3. The third kappa shape index (κ3) is 4.01. The fourth-order valence-corrected chi connectivity index (χ4v) is 7.27. The molecule has 168 valence electrons. The molecule has 0 spiro atoms. The third-order valence-electron chi connectivity index (χ3n) is 6.76. The third-order valence-corrected chi connectivity index (χ3v) is 8.89. The number of thioether (sulfide) groups is 1. The summed E-state index contributed by atoms with van der Waals surface area (Å²) in [5.74, 6) is 0.175. The van der Waals surface area contributed by atoms with Crippen molar-refractivity contribution in [3.8, 4) is 0 Å².